The normalized spacial score (nSPS) is 19.2. The molecule has 1 fully saturated rings. The Morgan fingerprint density at radius 2 is 2.15 bits per heavy atom. The van der Waals surface area contributed by atoms with Crippen molar-refractivity contribution in [3.63, 3.8) is 0 Å². The van der Waals surface area contributed by atoms with E-state index in [0.717, 1.165) is 17.1 Å². The third-order valence-corrected chi connectivity index (χ3v) is 3.20. The van der Waals surface area contributed by atoms with Gasteiger partial charge in [0.1, 0.15) is 4.60 Å². The van der Waals surface area contributed by atoms with Crippen molar-refractivity contribution in [3.8, 4) is 0 Å². The van der Waals surface area contributed by atoms with Crippen molar-refractivity contribution in [2.45, 2.75) is 38.6 Å². The van der Waals surface area contributed by atoms with Crippen LogP contribution >= 0.6 is 15.9 Å². The highest BCUT2D eigenvalue weighted by atomic mass is 79.9. The predicted octanol–water partition coefficient (Wildman–Crippen LogP) is 3.23. The minimum atomic E-state index is 0.862. The molecule has 0 atom stereocenters. The number of rotatable bonds is 2. The smallest absolute Gasteiger partial charge is 0.128 e. The number of hydrogen-bond acceptors (Lipinski definition) is 1. The average molecular weight is 243 g/mol. The summed E-state index contributed by atoms with van der Waals surface area (Å²) in [6, 6.07) is 2.00. The third kappa shape index (κ3) is 2.56. The van der Waals surface area contributed by atoms with Gasteiger partial charge in [-0.15, -0.1) is 0 Å². The van der Waals surface area contributed by atoms with Crippen LogP contribution in [0.5, 0.6) is 0 Å². The molecule has 0 radical (unpaired) electrons. The van der Waals surface area contributed by atoms with Gasteiger partial charge in [0.15, 0.2) is 0 Å². The average Bonchev–Trinajstić information content (AvgIpc) is 2.53. The number of hydrogen-bond donors (Lipinski definition) is 0. The van der Waals surface area contributed by atoms with Gasteiger partial charge in [-0.1, -0.05) is 19.3 Å². The van der Waals surface area contributed by atoms with Gasteiger partial charge in [-0.25, -0.2) is 0 Å². The molecule has 0 bridgehead atoms. The second-order valence-electron chi connectivity index (χ2n) is 3.86. The minimum Gasteiger partial charge on any atom is -0.271 e. The van der Waals surface area contributed by atoms with E-state index in [4.69, 9.17) is 0 Å². The van der Waals surface area contributed by atoms with Crippen LogP contribution in [0.1, 0.15) is 32.1 Å². The summed E-state index contributed by atoms with van der Waals surface area (Å²) in [7, 11) is 0. The van der Waals surface area contributed by atoms with Gasteiger partial charge in [0.25, 0.3) is 0 Å². The molecule has 3 heteroatoms. The van der Waals surface area contributed by atoms with E-state index in [9.17, 15) is 0 Å². The fourth-order valence-corrected chi connectivity index (χ4v) is 2.39. The van der Waals surface area contributed by atoms with Crippen LogP contribution in [0.2, 0.25) is 0 Å². The molecule has 1 heterocycles. The van der Waals surface area contributed by atoms with Crippen molar-refractivity contribution in [1.29, 1.82) is 0 Å². The van der Waals surface area contributed by atoms with Crippen LogP contribution in [0.15, 0.2) is 16.9 Å². The molecule has 1 aromatic heterocycles. The fraction of sp³-hybridized carbons (Fsp3) is 0.700. The van der Waals surface area contributed by atoms with Crippen LogP contribution in [0.4, 0.5) is 0 Å². The summed E-state index contributed by atoms with van der Waals surface area (Å²) in [5.41, 5.74) is 0. The van der Waals surface area contributed by atoms with Gasteiger partial charge < -0.3 is 0 Å². The first-order chi connectivity index (χ1) is 6.34. The van der Waals surface area contributed by atoms with Crippen LogP contribution in [-0.2, 0) is 6.54 Å². The minimum absolute atomic E-state index is 0.862. The first kappa shape index (κ1) is 9.25. The molecule has 1 aliphatic rings. The Kier molecular flexibility index (Phi) is 3.04. The second-order valence-corrected chi connectivity index (χ2v) is 4.68. The molecule has 1 saturated carbocycles. The monoisotopic (exact) mass is 242 g/mol. The molecule has 0 saturated heterocycles. The molecule has 1 aliphatic carbocycles. The van der Waals surface area contributed by atoms with Crippen LogP contribution in [0, 0.1) is 5.92 Å². The van der Waals surface area contributed by atoms with Crippen molar-refractivity contribution < 1.29 is 0 Å². The SMILES string of the molecule is Brc1ccn(CC2CCCCC2)n1. The van der Waals surface area contributed by atoms with Gasteiger partial charge in [-0.05, 0) is 40.8 Å². The molecule has 1 aromatic rings. The van der Waals surface area contributed by atoms with Crippen molar-refractivity contribution in [2.75, 3.05) is 0 Å². The summed E-state index contributed by atoms with van der Waals surface area (Å²) in [4.78, 5) is 0. The maximum absolute atomic E-state index is 4.34. The summed E-state index contributed by atoms with van der Waals surface area (Å²) in [6.45, 7) is 1.10. The lowest BCUT2D eigenvalue weighted by molar-refractivity contribution is 0.308. The molecule has 2 nitrogen and oxygen atoms in total. The van der Waals surface area contributed by atoms with Gasteiger partial charge in [-0.3, -0.25) is 4.68 Å². The molecule has 0 aromatic carbocycles. The first-order valence-electron chi connectivity index (χ1n) is 5.03. The topological polar surface area (TPSA) is 17.8 Å². The van der Waals surface area contributed by atoms with E-state index in [1.54, 1.807) is 0 Å². The van der Waals surface area contributed by atoms with Crippen molar-refractivity contribution in [2.24, 2.45) is 5.92 Å². The summed E-state index contributed by atoms with van der Waals surface area (Å²) in [5, 5.41) is 4.34. The third-order valence-electron chi connectivity index (χ3n) is 2.78. The molecule has 0 amide bonds. The van der Waals surface area contributed by atoms with Gasteiger partial charge in [0.2, 0.25) is 0 Å². The zero-order valence-corrected chi connectivity index (χ0v) is 9.33. The van der Waals surface area contributed by atoms with E-state index < -0.39 is 0 Å². The standard InChI is InChI=1S/C10H15BrN2/c11-10-6-7-13(12-10)8-9-4-2-1-3-5-9/h6-7,9H,1-5,8H2. The molecule has 0 unspecified atom stereocenters. The Balaban J connectivity index is 1.89. The van der Waals surface area contributed by atoms with E-state index >= 15 is 0 Å². The van der Waals surface area contributed by atoms with Gasteiger partial charge in [0.05, 0.1) is 0 Å². The lowest BCUT2D eigenvalue weighted by atomic mass is 9.89. The number of aromatic nitrogens is 2. The van der Waals surface area contributed by atoms with Crippen LogP contribution in [0.25, 0.3) is 0 Å². The molecule has 72 valence electrons. The summed E-state index contributed by atoms with van der Waals surface area (Å²) in [6.07, 6.45) is 9.08. The molecular formula is C10H15BrN2. The Bertz CT molecular complexity index is 264. The van der Waals surface area contributed by atoms with Gasteiger partial charge in [-0.2, -0.15) is 5.10 Å². The van der Waals surface area contributed by atoms with E-state index in [2.05, 4.69) is 31.9 Å². The van der Waals surface area contributed by atoms with Crippen LogP contribution in [-0.4, -0.2) is 9.78 Å². The fourth-order valence-electron chi connectivity index (χ4n) is 2.07. The molecule has 2 rings (SSSR count). The van der Waals surface area contributed by atoms with Gasteiger partial charge in [0, 0.05) is 12.7 Å². The Hall–Kier alpha value is -0.310. The zero-order valence-electron chi connectivity index (χ0n) is 7.75. The highest BCUT2D eigenvalue weighted by molar-refractivity contribution is 9.10. The quantitative estimate of drug-likeness (QED) is 0.779. The molecule has 0 spiro atoms. The lowest BCUT2D eigenvalue weighted by Gasteiger charge is -2.21. The van der Waals surface area contributed by atoms with Crippen molar-refractivity contribution >= 4 is 15.9 Å². The van der Waals surface area contributed by atoms with Gasteiger partial charge >= 0.3 is 0 Å². The Morgan fingerprint density at radius 3 is 2.77 bits per heavy atom. The molecule has 13 heavy (non-hydrogen) atoms. The molecule has 0 aliphatic heterocycles. The Morgan fingerprint density at radius 1 is 1.38 bits per heavy atom. The van der Waals surface area contributed by atoms with E-state index in [0.29, 0.717) is 0 Å². The van der Waals surface area contributed by atoms with E-state index in [1.807, 2.05) is 6.07 Å². The highest BCUT2D eigenvalue weighted by Gasteiger charge is 2.13. The molecule has 0 N–H and O–H groups in total. The van der Waals surface area contributed by atoms with Crippen LogP contribution in [0.3, 0.4) is 0 Å². The summed E-state index contributed by atoms with van der Waals surface area (Å²) < 4.78 is 3.00. The Labute approximate surface area is 87.5 Å². The zero-order chi connectivity index (χ0) is 9.10. The lowest BCUT2D eigenvalue weighted by Crippen LogP contribution is -2.14. The van der Waals surface area contributed by atoms with Crippen LogP contribution < -0.4 is 0 Å². The largest absolute Gasteiger partial charge is 0.271 e. The maximum atomic E-state index is 4.34. The number of nitrogens with zero attached hydrogens (tertiary/aromatic N) is 2. The molecular weight excluding hydrogens is 228 g/mol. The predicted molar refractivity (Wildman–Crippen MR) is 56.5 cm³/mol. The van der Waals surface area contributed by atoms with Crippen molar-refractivity contribution in [1.82, 2.24) is 9.78 Å². The van der Waals surface area contributed by atoms with E-state index in [-0.39, 0.29) is 0 Å². The van der Waals surface area contributed by atoms with Crippen molar-refractivity contribution in [3.05, 3.63) is 16.9 Å². The number of halogens is 1. The maximum Gasteiger partial charge on any atom is 0.128 e. The first-order valence-corrected chi connectivity index (χ1v) is 5.83. The summed E-state index contributed by atoms with van der Waals surface area (Å²) in [5.74, 6) is 0.862. The van der Waals surface area contributed by atoms with E-state index in [1.165, 1.54) is 32.1 Å². The summed E-state index contributed by atoms with van der Waals surface area (Å²) >= 11 is 3.37. The highest BCUT2D eigenvalue weighted by Crippen LogP contribution is 2.24. The second kappa shape index (κ2) is 4.27.